The zero-order valence-electron chi connectivity index (χ0n) is 9.51. The van der Waals surface area contributed by atoms with Crippen molar-refractivity contribution in [2.24, 2.45) is 0 Å². The molecule has 0 bridgehead atoms. The van der Waals surface area contributed by atoms with Gasteiger partial charge in [-0.1, -0.05) is 29.5 Å². The van der Waals surface area contributed by atoms with Gasteiger partial charge in [0, 0.05) is 6.42 Å². The van der Waals surface area contributed by atoms with Crippen LogP contribution in [-0.2, 0) is 11.2 Å². The van der Waals surface area contributed by atoms with Crippen molar-refractivity contribution in [3.8, 4) is 0 Å². The molecule has 5 nitrogen and oxygen atoms in total. The molecular formula is C11H10FN3O2S. The molecule has 0 fully saturated rings. The predicted octanol–water partition coefficient (Wildman–Crippen LogP) is 2.45. The van der Waals surface area contributed by atoms with Crippen LogP contribution in [0.15, 0.2) is 24.3 Å². The fraction of sp³-hybridized carbons (Fsp3) is 0.182. The number of ether oxygens (including phenoxy) is 1. The third kappa shape index (κ3) is 3.01. The highest BCUT2D eigenvalue weighted by Gasteiger charge is 2.10. The lowest BCUT2D eigenvalue weighted by atomic mass is 10.1. The summed E-state index contributed by atoms with van der Waals surface area (Å²) in [4.78, 5) is 10.9. The molecule has 0 aliphatic carbocycles. The number of halogens is 1. The predicted molar refractivity (Wildman–Crippen MR) is 65.1 cm³/mol. The van der Waals surface area contributed by atoms with E-state index in [1.54, 1.807) is 18.2 Å². The Bertz CT molecular complexity index is 559. The summed E-state index contributed by atoms with van der Waals surface area (Å²) in [5, 5.41) is 11.0. The molecule has 0 saturated heterocycles. The topological polar surface area (TPSA) is 64.1 Å². The lowest BCUT2D eigenvalue weighted by Gasteiger charge is -1.98. The van der Waals surface area contributed by atoms with E-state index in [1.165, 1.54) is 24.5 Å². The first-order valence-corrected chi connectivity index (χ1v) is 5.91. The molecule has 1 amide bonds. The van der Waals surface area contributed by atoms with E-state index < -0.39 is 6.09 Å². The number of benzene rings is 1. The van der Waals surface area contributed by atoms with E-state index in [9.17, 15) is 9.18 Å². The smallest absolute Gasteiger partial charge is 0.413 e. The Morgan fingerprint density at radius 1 is 1.44 bits per heavy atom. The van der Waals surface area contributed by atoms with Crippen LogP contribution in [0.5, 0.6) is 0 Å². The quantitative estimate of drug-likeness (QED) is 0.927. The van der Waals surface area contributed by atoms with E-state index in [1.807, 2.05) is 0 Å². The fourth-order valence-corrected chi connectivity index (χ4v) is 2.07. The zero-order valence-corrected chi connectivity index (χ0v) is 10.3. The standard InChI is InChI=1S/C11H10FN3O2S/c1-17-11(16)13-10-15-14-9(18-10)6-7-4-2-3-5-8(7)12/h2-5H,6H2,1H3,(H,13,15,16). The molecule has 0 saturated carbocycles. The van der Waals surface area contributed by atoms with Crippen molar-refractivity contribution in [1.82, 2.24) is 10.2 Å². The maximum atomic E-state index is 13.4. The number of amides is 1. The molecule has 0 spiro atoms. The highest BCUT2D eigenvalue weighted by atomic mass is 32.1. The second kappa shape index (κ2) is 5.54. The van der Waals surface area contributed by atoms with Gasteiger partial charge in [-0.25, -0.2) is 9.18 Å². The van der Waals surface area contributed by atoms with Crippen LogP contribution in [0.3, 0.4) is 0 Å². The molecule has 0 aliphatic heterocycles. The Morgan fingerprint density at radius 3 is 2.94 bits per heavy atom. The van der Waals surface area contributed by atoms with E-state index in [4.69, 9.17) is 0 Å². The molecule has 1 aromatic heterocycles. The van der Waals surface area contributed by atoms with E-state index in [0.29, 0.717) is 22.1 Å². The van der Waals surface area contributed by atoms with Gasteiger partial charge in [0.05, 0.1) is 7.11 Å². The zero-order chi connectivity index (χ0) is 13.0. The van der Waals surface area contributed by atoms with Crippen molar-refractivity contribution in [3.05, 3.63) is 40.7 Å². The van der Waals surface area contributed by atoms with Gasteiger partial charge in [0.2, 0.25) is 5.13 Å². The Balaban J connectivity index is 2.07. The summed E-state index contributed by atoms with van der Waals surface area (Å²) in [7, 11) is 1.26. The number of methoxy groups -OCH3 is 1. The molecule has 1 aromatic carbocycles. The number of rotatable bonds is 3. The number of hydrogen-bond acceptors (Lipinski definition) is 5. The van der Waals surface area contributed by atoms with Crippen LogP contribution in [0, 0.1) is 5.82 Å². The van der Waals surface area contributed by atoms with Crippen molar-refractivity contribution < 1.29 is 13.9 Å². The van der Waals surface area contributed by atoms with Crippen LogP contribution in [-0.4, -0.2) is 23.4 Å². The van der Waals surface area contributed by atoms with Gasteiger partial charge in [0.15, 0.2) is 0 Å². The van der Waals surface area contributed by atoms with Gasteiger partial charge in [0.25, 0.3) is 0 Å². The second-order valence-electron chi connectivity index (χ2n) is 3.39. The molecule has 0 unspecified atom stereocenters. The summed E-state index contributed by atoms with van der Waals surface area (Å²) in [6.07, 6.45) is -0.267. The molecule has 1 heterocycles. The molecule has 7 heteroatoms. The average molecular weight is 267 g/mol. The van der Waals surface area contributed by atoms with Crippen LogP contribution in [0.4, 0.5) is 14.3 Å². The molecule has 0 aliphatic rings. The lowest BCUT2D eigenvalue weighted by Crippen LogP contribution is -2.10. The number of nitrogens with one attached hydrogen (secondary N) is 1. The second-order valence-corrected chi connectivity index (χ2v) is 4.45. The molecule has 2 rings (SSSR count). The molecule has 0 radical (unpaired) electrons. The van der Waals surface area contributed by atoms with Gasteiger partial charge in [0.1, 0.15) is 10.8 Å². The third-order valence-corrected chi connectivity index (χ3v) is 3.00. The van der Waals surface area contributed by atoms with Gasteiger partial charge < -0.3 is 4.74 Å². The Morgan fingerprint density at radius 2 is 2.22 bits per heavy atom. The summed E-state index contributed by atoms with van der Waals surface area (Å²) in [5.74, 6) is -0.282. The monoisotopic (exact) mass is 267 g/mol. The van der Waals surface area contributed by atoms with Gasteiger partial charge in [-0.05, 0) is 11.6 Å². The number of nitrogens with zero attached hydrogens (tertiary/aromatic N) is 2. The first-order chi connectivity index (χ1) is 8.69. The minimum absolute atomic E-state index is 0.282. The Kier molecular flexibility index (Phi) is 3.83. The van der Waals surface area contributed by atoms with Crippen LogP contribution in [0.25, 0.3) is 0 Å². The van der Waals surface area contributed by atoms with Crippen molar-refractivity contribution in [1.29, 1.82) is 0 Å². The summed E-state index contributed by atoms with van der Waals surface area (Å²) in [6.45, 7) is 0. The summed E-state index contributed by atoms with van der Waals surface area (Å²) in [5.41, 5.74) is 0.540. The number of carbonyl (C=O) groups excluding carboxylic acids is 1. The first kappa shape index (κ1) is 12.4. The number of hydrogen-bond donors (Lipinski definition) is 1. The summed E-state index contributed by atoms with van der Waals surface area (Å²) >= 11 is 1.18. The van der Waals surface area contributed by atoms with E-state index in [2.05, 4.69) is 20.3 Å². The van der Waals surface area contributed by atoms with Gasteiger partial charge >= 0.3 is 6.09 Å². The van der Waals surface area contributed by atoms with Crippen LogP contribution >= 0.6 is 11.3 Å². The van der Waals surface area contributed by atoms with Crippen molar-refractivity contribution in [3.63, 3.8) is 0 Å². The van der Waals surface area contributed by atoms with E-state index >= 15 is 0 Å². The first-order valence-electron chi connectivity index (χ1n) is 5.10. The summed E-state index contributed by atoms with van der Waals surface area (Å²) < 4.78 is 17.8. The molecular weight excluding hydrogens is 257 g/mol. The molecule has 94 valence electrons. The highest BCUT2D eigenvalue weighted by molar-refractivity contribution is 7.15. The van der Waals surface area contributed by atoms with Crippen molar-refractivity contribution >= 4 is 22.6 Å². The van der Waals surface area contributed by atoms with Crippen molar-refractivity contribution in [2.75, 3.05) is 12.4 Å². The van der Waals surface area contributed by atoms with Crippen LogP contribution < -0.4 is 5.32 Å². The lowest BCUT2D eigenvalue weighted by molar-refractivity contribution is 0.187. The number of aromatic nitrogens is 2. The van der Waals surface area contributed by atoms with E-state index in [-0.39, 0.29) is 5.82 Å². The average Bonchev–Trinajstić information content (AvgIpc) is 2.79. The number of anilines is 1. The molecule has 1 N–H and O–H groups in total. The maximum absolute atomic E-state index is 13.4. The van der Waals surface area contributed by atoms with Gasteiger partial charge in [-0.3, -0.25) is 5.32 Å². The molecule has 0 atom stereocenters. The van der Waals surface area contributed by atoms with Gasteiger partial charge in [-0.2, -0.15) is 0 Å². The van der Waals surface area contributed by atoms with E-state index in [0.717, 1.165) is 0 Å². The highest BCUT2D eigenvalue weighted by Crippen LogP contribution is 2.19. The number of carbonyl (C=O) groups is 1. The third-order valence-electron chi connectivity index (χ3n) is 2.16. The van der Waals surface area contributed by atoms with Crippen LogP contribution in [0.1, 0.15) is 10.6 Å². The summed E-state index contributed by atoms with van der Waals surface area (Å²) in [6, 6.07) is 6.46. The maximum Gasteiger partial charge on any atom is 0.413 e. The molecule has 18 heavy (non-hydrogen) atoms. The molecule has 2 aromatic rings. The minimum atomic E-state index is -0.608. The normalized spacial score (nSPS) is 10.1. The van der Waals surface area contributed by atoms with Gasteiger partial charge in [-0.15, -0.1) is 10.2 Å². The largest absolute Gasteiger partial charge is 0.453 e. The fourth-order valence-electron chi connectivity index (χ4n) is 1.32. The van der Waals surface area contributed by atoms with Crippen molar-refractivity contribution in [2.45, 2.75) is 6.42 Å². The SMILES string of the molecule is COC(=O)Nc1nnc(Cc2ccccc2F)s1. The Hall–Kier alpha value is -2.02. The van der Waals surface area contributed by atoms with Crippen LogP contribution in [0.2, 0.25) is 0 Å². The minimum Gasteiger partial charge on any atom is -0.453 e. The Labute approximate surface area is 107 Å².